The Balaban J connectivity index is 1.65. The van der Waals surface area contributed by atoms with Gasteiger partial charge in [-0.1, -0.05) is 42.8 Å². The van der Waals surface area contributed by atoms with E-state index >= 15 is 0 Å². The van der Waals surface area contributed by atoms with E-state index in [0.717, 1.165) is 18.4 Å². The van der Waals surface area contributed by atoms with E-state index in [-0.39, 0.29) is 23.9 Å². The van der Waals surface area contributed by atoms with Gasteiger partial charge in [0.1, 0.15) is 6.54 Å². The van der Waals surface area contributed by atoms with Gasteiger partial charge in [0.05, 0.1) is 11.1 Å². The monoisotopic (exact) mass is 451 g/mol. The highest BCUT2D eigenvalue weighted by molar-refractivity contribution is 6.31. The molecule has 0 radical (unpaired) electrons. The van der Waals surface area contributed by atoms with Gasteiger partial charge >= 0.3 is 0 Å². The van der Waals surface area contributed by atoms with Crippen LogP contribution in [0.25, 0.3) is 10.9 Å². The molecule has 0 spiro atoms. The number of likely N-dealkylation sites (tertiary alicyclic amines) is 1. The van der Waals surface area contributed by atoms with Crippen molar-refractivity contribution in [2.45, 2.75) is 33.2 Å². The van der Waals surface area contributed by atoms with Crippen molar-refractivity contribution in [2.24, 2.45) is 5.92 Å². The van der Waals surface area contributed by atoms with Gasteiger partial charge in [0, 0.05) is 35.3 Å². The maximum atomic E-state index is 13.2. The Morgan fingerprint density at radius 3 is 2.56 bits per heavy atom. The number of aromatic nitrogens is 1. The van der Waals surface area contributed by atoms with Crippen molar-refractivity contribution in [3.05, 3.63) is 75.0 Å². The molecule has 1 saturated heterocycles. The summed E-state index contributed by atoms with van der Waals surface area (Å²) in [5, 5.41) is 4.05. The Bertz CT molecular complexity index is 1240. The van der Waals surface area contributed by atoms with Gasteiger partial charge in [0.15, 0.2) is 0 Å². The van der Waals surface area contributed by atoms with Crippen LogP contribution in [0.2, 0.25) is 5.02 Å². The average molecular weight is 452 g/mol. The molecule has 2 aromatic carbocycles. The molecule has 0 atom stereocenters. The number of anilines is 1. The molecule has 4 rings (SSSR count). The number of halogens is 1. The quantitative estimate of drug-likeness (QED) is 0.636. The van der Waals surface area contributed by atoms with E-state index in [0.29, 0.717) is 46.2 Å². The largest absolute Gasteiger partial charge is 0.339 e. The lowest BCUT2D eigenvalue weighted by molar-refractivity contribution is -0.116. The second-order valence-electron chi connectivity index (χ2n) is 8.43. The van der Waals surface area contributed by atoms with Crippen molar-refractivity contribution in [1.29, 1.82) is 0 Å². The fraction of sp³-hybridized carbons (Fsp3) is 0.320. The average Bonchev–Trinajstić information content (AvgIpc) is 2.78. The Labute approximate surface area is 191 Å². The van der Waals surface area contributed by atoms with Crippen LogP contribution < -0.4 is 10.9 Å². The number of amides is 2. The van der Waals surface area contributed by atoms with Gasteiger partial charge in [0.25, 0.3) is 11.5 Å². The fourth-order valence-corrected chi connectivity index (χ4v) is 4.31. The number of nitrogens with one attached hydrogen (secondary N) is 1. The molecule has 0 unspecified atom stereocenters. The summed E-state index contributed by atoms with van der Waals surface area (Å²) in [6.07, 6.45) is 1.92. The molecule has 1 aromatic heterocycles. The van der Waals surface area contributed by atoms with Crippen molar-refractivity contribution >= 4 is 40.0 Å². The second kappa shape index (κ2) is 9.17. The summed E-state index contributed by atoms with van der Waals surface area (Å²) >= 11 is 6.14. The Morgan fingerprint density at radius 2 is 1.81 bits per heavy atom. The number of carbonyl (C=O) groups is 2. The van der Waals surface area contributed by atoms with Crippen molar-refractivity contribution in [3.8, 4) is 0 Å². The van der Waals surface area contributed by atoms with Crippen molar-refractivity contribution in [1.82, 2.24) is 9.47 Å². The van der Waals surface area contributed by atoms with Crippen molar-refractivity contribution in [2.75, 3.05) is 18.4 Å². The molecule has 2 amide bonds. The Hall–Kier alpha value is -3.12. The number of benzene rings is 2. The predicted molar refractivity (Wildman–Crippen MR) is 127 cm³/mol. The van der Waals surface area contributed by atoms with Gasteiger partial charge < -0.3 is 10.2 Å². The molecule has 6 nitrogen and oxygen atoms in total. The van der Waals surface area contributed by atoms with E-state index in [2.05, 4.69) is 12.2 Å². The smallest absolute Gasteiger partial charge is 0.254 e. The summed E-state index contributed by atoms with van der Waals surface area (Å²) in [4.78, 5) is 40.8. The van der Waals surface area contributed by atoms with E-state index in [1.807, 2.05) is 24.0 Å². The third-order valence-corrected chi connectivity index (χ3v) is 6.57. The first-order valence-corrected chi connectivity index (χ1v) is 11.2. The third-order valence-electron chi connectivity index (χ3n) is 6.16. The summed E-state index contributed by atoms with van der Waals surface area (Å²) in [5.74, 6) is 0.133. The fourth-order valence-electron chi connectivity index (χ4n) is 4.13. The lowest BCUT2D eigenvalue weighted by Gasteiger charge is -2.30. The zero-order chi connectivity index (χ0) is 22.8. The van der Waals surface area contributed by atoms with Crippen LogP contribution in [0.15, 0.2) is 53.3 Å². The van der Waals surface area contributed by atoms with Crippen LogP contribution in [-0.4, -0.2) is 34.4 Å². The molecule has 0 saturated carbocycles. The van der Waals surface area contributed by atoms with Crippen LogP contribution in [0.4, 0.5) is 5.69 Å². The lowest BCUT2D eigenvalue weighted by Crippen LogP contribution is -2.39. The van der Waals surface area contributed by atoms with Gasteiger partial charge in [-0.2, -0.15) is 0 Å². The van der Waals surface area contributed by atoms with Gasteiger partial charge in [0.2, 0.25) is 5.91 Å². The van der Waals surface area contributed by atoms with Crippen LogP contribution in [0, 0.1) is 12.8 Å². The van der Waals surface area contributed by atoms with E-state index in [9.17, 15) is 14.4 Å². The number of nitrogens with zero attached hydrogens (tertiary/aromatic N) is 2. The minimum absolute atomic E-state index is 0.128. The summed E-state index contributed by atoms with van der Waals surface area (Å²) in [6.45, 7) is 5.23. The molecule has 0 aliphatic carbocycles. The molecule has 32 heavy (non-hydrogen) atoms. The number of piperidine rings is 1. The van der Waals surface area contributed by atoms with Crippen LogP contribution in [0.5, 0.6) is 0 Å². The van der Waals surface area contributed by atoms with Gasteiger partial charge in [-0.15, -0.1) is 0 Å². The van der Waals surface area contributed by atoms with E-state index in [4.69, 9.17) is 11.6 Å². The number of pyridine rings is 1. The maximum absolute atomic E-state index is 13.2. The molecule has 166 valence electrons. The summed E-state index contributed by atoms with van der Waals surface area (Å²) in [7, 11) is 0. The molecule has 1 N–H and O–H groups in total. The van der Waals surface area contributed by atoms with Crippen molar-refractivity contribution in [3.63, 3.8) is 0 Å². The third kappa shape index (κ3) is 4.41. The molecular formula is C25H26ClN3O3. The van der Waals surface area contributed by atoms with Crippen LogP contribution in [0.3, 0.4) is 0 Å². The number of hydrogen-bond donors (Lipinski definition) is 1. The molecule has 3 aromatic rings. The molecule has 7 heteroatoms. The number of fused-ring (bicyclic) bond motifs is 1. The standard InChI is InChI=1S/C25H26ClN3O3/c1-16-10-12-28(13-11-16)25(32)19-14-24(31)29(22-9-4-3-6-18(19)22)15-23(30)27-21-8-5-7-20(26)17(21)2/h3-9,14,16H,10-13,15H2,1-2H3,(H,27,30). The van der Waals surface area contributed by atoms with Crippen LogP contribution in [-0.2, 0) is 11.3 Å². The number of rotatable bonds is 4. The number of para-hydroxylation sites is 1. The minimum atomic E-state index is -0.379. The normalized spacial score (nSPS) is 14.5. The molecule has 1 aliphatic rings. The van der Waals surface area contributed by atoms with E-state index < -0.39 is 0 Å². The second-order valence-corrected chi connectivity index (χ2v) is 8.84. The van der Waals surface area contributed by atoms with E-state index in [1.54, 1.807) is 30.3 Å². The SMILES string of the molecule is Cc1c(Cl)cccc1NC(=O)Cn1c(=O)cc(C(=O)N2CCC(C)CC2)c2ccccc21. The van der Waals surface area contributed by atoms with Crippen LogP contribution in [0.1, 0.15) is 35.7 Å². The first-order chi connectivity index (χ1) is 15.3. The number of carbonyl (C=O) groups excluding carboxylic acids is 2. The predicted octanol–water partition coefficient (Wildman–Crippen LogP) is 4.47. The highest BCUT2D eigenvalue weighted by Crippen LogP contribution is 2.24. The molecular weight excluding hydrogens is 426 g/mol. The summed E-state index contributed by atoms with van der Waals surface area (Å²) < 4.78 is 1.40. The first-order valence-electron chi connectivity index (χ1n) is 10.8. The lowest BCUT2D eigenvalue weighted by atomic mass is 9.98. The topological polar surface area (TPSA) is 71.4 Å². The minimum Gasteiger partial charge on any atom is -0.339 e. The van der Waals surface area contributed by atoms with Gasteiger partial charge in [-0.3, -0.25) is 19.0 Å². The van der Waals surface area contributed by atoms with Gasteiger partial charge in [-0.05, 0) is 49.4 Å². The first kappa shape index (κ1) is 22.1. The molecule has 1 aliphatic heterocycles. The maximum Gasteiger partial charge on any atom is 0.254 e. The Kier molecular flexibility index (Phi) is 6.33. The van der Waals surface area contributed by atoms with Crippen LogP contribution >= 0.6 is 11.6 Å². The van der Waals surface area contributed by atoms with E-state index in [1.165, 1.54) is 10.6 Å². The summed E-state index contributed by atoms with van der Waals surface area (Å²) in [5.41, 5.74) is 1.94. The zero-order valence-corrected chi connectivity index (χ0v) is 19.0. The molecule has 2 heterocycles. The molecule has 0 bridgehead atoms. The van der Waals surface area contributed by atoms with Crippen molar-refractivity contribution < 1.29 is 9.59 Å². The zero-order valence-electron chi connectivity index (χ0n) is 18.2. The Morgan fingerprint density at radius 1 is 1.09 bits per heavy atom. The highest BCUT2D eigenvalue weighted by Gasteiger charge is 2.24. The highest BCUT2D eigenvalue weighted by atomic mass is 35.5. The molecule has 1 fully saturated rings. The number of hydrogen-bond acceptors (Lipinski definition) is 3. The van der Waals surface area contributed by atoms with Gasteiger partial charge in [-0.25, -0.2) is 0 Å². The summed E-state index contributed by atoms with van der Waals surface area (Å²) in [6, 6.07) is 13.9.